The lowest BCUT2D eigenvalue weighted by Crippen LogP contribution is -1.91. The van der Waals surface area contributed by atoms with E-state index in [9.17, 15) is 0 Å². The average Bonchev–Trinajstić information content (AvgIpc) is 2.61. The molecule has 0 radical (unpaired) electrons. The molecule has 0 unspecified atom stereocenters. The Bertz CT molecular complexity index is 818. The van der Waals surface area contributed by atoms with Gasteiger partial charge in [-0.3, -0.25) is 0 Å². The molecule has 112 valence electrons. The second-order valence-corrected chi connectivity index (χ2v) is 6.50. The number of hydrogen-bond donors (Lipinski definition) is 0. The summed E-state index contributed by atoms with van der Waals surface area (Å²) < 4.78 is 0. The number of rotatable bonds is 3. The Balaban J connectivity index is 1.99. The standard InChI is InChI=1S/C21H17NS/c1-16-9-11-19(12-10-16)21-15-17(6-5-13-22)14-20(23-21)18-7-3-2-4-8-18/h2-4,6-12,14-15H,5H2,1H3. The van der Waals surface area contributed by atoms with Gasteiger partial charge in [0.05, 0.1) is 12.5 Å². The lowest BCUT2D eigenvalue weighted by atomic mass is 10.1. The van der Waals surface area contributed by atoms with Crippen molar-refractivity contribution in [3.05, 3.63) is 95.1 Å². The Morgan fingerprint density at radius 1 is 0.913 bits per heavy atom. The Morgan fingerprint density at radius 2 is 1.52 bits per heavy atom. The third-order valence-corrected chi connectivity index (χ3v) is 4.79. The Labute approximate surface area is 141 Å². The summed E-state index contributed by atoms with van der Waals surface area (Å²) in [6.07, 6.45) is 6.74. The van der Waals surface area contributed by atoms with Crippen LogP contribution in [0.15, 0.2) is 78.4 Å². The molecule has 0 amide bonds. The van der Waals surface area contributed by atoms with Gasteiger partial charge in [0.1, 0.15) is 0 Å². The zero-order chi connectivity index (χ0) is 16.1. The van der Waals surface area contributed by atoms with Gasteiger partial charge in [-0.15, -0.1) is 0 Å². The van der Waals surface area contributed by atoms with E-state index in [1.807, 2.05) is 12.1 Å². The summed E-state index contributed by atoms with van der Waals surface area (Å²) in [6, 6.07) is 21.2. The summed E-state index contributed by atoms with van der Waals surface area (Å²) in [5, 5.41) is 8.85. The van der Waals surface area contributed by atoms with Gasteiger partial charge in [-0.1, -0.05) is 78.0 Å². The zero-order valence-electron chi connectivity index (χ0n) is 13.0. The molecule has 2 aromatic carbocycles. The highest BCUT2D eigenvalue weighted by Crippen LogP contribution is 2.43. The summed E-state index contributed by atoms with van der Waals surface area (Å²) in [6.45, 7) is 2.10. The van der Waals surface area contributed by atoms with Crippen molar-refractivity contribution in [1.82, 2.24) is 0 Å². The van der Waals surface area contributed by atoms with E-state index in [2.05, 4.69) is 73.7 Å². The van der Waals surface area contributed by atoms with Gasteiger partial charge in [0.25, 0.3) is 0 Å². The van der Waals surface area contributed by atoms with Gasteiger partial charge in [0.2, 0.25) is 0 Å². The van der Waals surface area contributed by atoms with Gasteiger partial charge in [-0.05, 0) is 35.8 Å². The van der Waals surface area contributed by atoms with Gasteiger partial charge in [0.15, 0.2) is 0 Å². The topological polar surface area (TPSA) is 23.8 Å². The van der Waals surface area contributed by atoms with E-state index < -0.39 is 0 Å². The fourth-order valence-corrected chi connectivity index (χ4v) is 3.54. The lowest BCUT2D eigenvalue weighted by Gasteiger charge is -2.17. The Hall–Kier alpha value is -2.50. The zero-order valence-corrected chi connectivity index (χ0v) is 13.8. The van der Waals surface area contributed by atoms with E-state index in [1.165, 1.54) is 26.5 Å². The van der Waals surface area contributed by atoms with E-state index in [1.54, 1.807) is 11.8 Å². The van der Waals surface area contributed by atoms with Crippen molar-refractivity contribution in [2.45, 2.75) is 13.3 Å². The van der Waals surface area contributed by atoms with Crippen LogP contribution in [-0.4, -0.2) is 0 Å². The van der Waals surface area contributed by atoms with Crippen LogP contribution in [0.25, 0.3) is 9.81 Å². The van der Waals surface area contributed by atoms with Gasteiger partial charge in [0, 0.05) is 9.81 Å². The predicted octanol–water partition coefficient (Wildman–Crippen LogP) is 5.96. The molecule has 2 aromatic rings. The summed E-state index contributed by atoms with van der Waals surface area (Å²) in [4.78, 5) is 2.43. The first kappa shape index (κ1) is 15.4. The molecule has 0 fully saturated rings. The number of nitriles is 1. The Morgan fingerprint density at radius 3 is 2.13 bits per heavy atom. The summed E-state index contributed by atoms with van der Waals surface area (Å²) in [5.74, 6) is 0. The van der Waals surface area contributed by atoms with Gasteiger partial charge in [-0.25, -0.2) is 0 Å². The molecule has 1 aliphatic rings. The molecule has 1 aliphatic heterocycles. The number of benzene rings is 2. The number of hydrogen-bond acceptors (Lipinski definition) is 2. The van der Waals surface area contributed by atoms with Crippen molar-refractivity contribution in [3.63, 3.8) is 0 Å². The van der Waals surface area contributed by atoms with Crippen LogP contribution < -0.4 is 0 Å². The van der Waals surface area contributed by atoms with Gasteiger partial charge >= 0.3 is 0 Å². The maximum atomic E-state index is 8.85. The second-order valence-electron chi connectivity index (χ2n) is 5.42. The van der Waals surface area contributed by atoms with Crippen molar-refractivity contribution in [3.8, 4) is 6.07 Å². The largest absolute Gasteiger partial charge is 0.198 e. The van der Waals surface area contributed by atoms with E-state index in [0.717, 1.165) is 5.57 Å². The third kappa shape index (κ3) is 3.83. The van der Waals surface area contributed by atoms with Crippen molar-refractivity contribution >= 4 is 21.6 Å². The van der Waals surface area contributed by atoms with Crippen LogP contribution in [0.3, 0.4) is 0 Å². The number of nitrogens with zero attached hydrogens (tertiary/aromatic N) is 1. The summed E-state index contributed by atoms with van der Waals surface area (Å²) >= 11 is 1.78. The normalized spacial score (nSPS) is 15.7. The first-order valence-electron chi connectivity index (χ1n) is 7.57. The van der Waals surface area contributed by atoms with Crippen LogP contribution in [0.2, 0.25) is 0 Å². The fourth-order valence-electron chi connectivity index (χ4n) is 2.41. The minimum Gasteiger partial charge on any atom is -0.198 e. The SMILES string of the molecule is Cc1ccc(C2=CC(=CCC#N)C=C(c3ccccc3)S2)cc1. The first-order valence-corrected chi connectivity index (χ1v) is 8.39. The Kier molecular flexibility index (Phi) is 4.80. The van der Waals surface area contributed by atoms with Crippen molar-refractivity contribution in [2.75, 3.05) is 0 Å². The highest BCUT2D eigenvalue weighted by molar-refractivity contribution is 8.16. The third-order valence-electron chi connectivity index (χ3n) is 3.64. The molecule has 0 aromatic heterocycles. The molecular formula is C21H17NS. The molecule has 1 heterocycles. The van der Waals surface area contributed by atoms with Crippen LogP contribution in [-0.2, 0) is 0 Å². The number of allylic oxidation sites excluding steroid dienone is 4. The van der Waals surface area contributed by atoms with Crippen LogP contribution in [0.4, 0.5) is 0 Å². The summed E-state index contributed by atoms with van der Waals surface area (Å²) in [5.41, 5.74) is 4.78. The predicted molar refractivity (Wildman–Crippen MR) is 99.5 cm³/mol. The molecule has 0 saturated carbocycles. The highest BCUT2D eigenvalue weighted by atomic mass is 32.2. The minimum absolute atomic E-state index is 0.427. The molecule has 0 spiro atoms. The first-order chi connectivity index (χ1) is 11.3. The summed E-state index contributed by atoms with van der Waals surface area (Å²) in [7, 11) is 0. The maximum absolute atomic E-state index is 8.85. The highest BCUT2D eigenvalue weighted by Gasteiger charge is 2.14. The quantitative estimate of drug-likeness (QED) is 0.697. The van der Waals surface area contributed by atoms with Crippen LogP contribution >= 0.6 is 11.8 Å². The molecule has 1 nitrogen and oxygen atoms in total. The molecule has 0 aliphatic carbocycles. The molecule has 23 heavy (non-hydrogen) atoms. The van der Waals surface area contributed by atoms with Crippen molar-refractivity contribution < 1.29 is 0 Å². The van der Waals surface area contributed by atoms with E-state index >= 15 is 0 Å². The molecule has 0 saturated heterocycles. The lowest BCUT2D eigenvalue weighted by molar-refractivity contribution is 1.34. The number of thioether (sulfide) groups is 1. The monoisotopic (exact) mass is 315 g/mol. The van der Waals surface area contributed by atoms with Gasteiger partial charge in [-0.2, -0.15) is 5.26 Å². The molecule has 0 atom stereocenters. The second kappa shape index (κ2) is 7.17. The average molecular weight is 315 g/mol. The van der Waals surface area contributed by atoms with Crippen molar-refractivity contribution in [2.24, 2.45) is 0 Å². The van der Waals surface area contributed by atoms with Crippen LogP contribution in [0.5, 0.6) is 0 Å². The van der Waals surface area contributed by atoms with E-state index in [4.69, 9.17) is 5.26 Å². The van der Waals surface area contributed by atoms with E-state index in [-0.39, 0.29) is 0 Å². The molecule has 3 rings (SSSR count). The van der Waals surface area contributed by atoms with Crippen molar-refractivity contribution in [1.29, 1.82) is 5.26 Å². The van der Waals surface area contributed by atoms with E-state index in [0.29, 0.717) is 6.42 Å². The smallest absolute Gasteiger partial charge is 0.0663 e. The fraction of sp³-hybridized carbons (Fsp3) is 0.0952. The van der Waals surface area contributed by atoms with Crippen LogP contribution in [0, 0.1) is 18.3 Å². The van der Waals surface area contributed by atoms with Gasteiger partial charge < -0.3 is 0 Å². The maximum Gasteiger partial charge on any atom is 0.0663 e. The molecular weight excluding hydrogens is 298 g/mol. The molecule has 0 N–H and O–H groups in total. The molecule has 2 heteroatoms. The molecule has 0 bridgehead atoms. The minimum atomic E-state index is 0.427. The van der Waals surface area contributed by atoms with Crippen LogP contribution in [0.1, 0.15) is 23.1 Å². The number of aryl methyl sites for hydroxylation is 1.